The van der Waals surface area contributed by atoms with Crippen LogP contribution < -0.4 is 4.74 Å². The van der Waals surface area contributed by atoms with Gasteiger partial charge in [-0.3, -0.25) is 4.79 Å². The van der Waals surface area contributed by atoms with Crippen molar-refractivity contribution in [1.82, 2.24) is 4.90 Å². The molecule has 0 unspecified atom stereocenters. The summed E-state index contributed by atoms with van der Waals surface area (Å²) in [5, 5.41) is 8.70. The summed E-state index contributed by atoms with van der Waals surface area (Å²) in [6, 6.07) is 8.75. The van der Waals surface area contributed by atoms with E-state index in [0.29, 0.717) is 24.4 Å². The molecule has 20 heavy (non-hydrogen) atoms. The zero-order valence-corrected chi connectivity index (χ0v) is 11.7. The molecule has 0 aliphatic carbocycles. The number of hydrogen-bond donors (Lipinski definition) is 0. The fourth-order valence-electron chi connectivity index (χ4n) is 2.24. The van der Waals surface area contributed by atoms with Crippen LogP contribution in [0, 0.1) is 11.3 Å². The summed E-state index contributed by atoms with van der Waals surface area (Å²) in [6.45, 7) is 5.11. The highest BCUT2D eigenvalue weighted by Gasteiger charge is 2.25. The van der Waals surface area contributed by atoms with Crippen LogP contribution in [0.1, 0.15) is 19.4 Å². The molecule has 106 valence electrons. The third kappa shape index (κ3) is 3.72. The first-order valence-corrected chi connectivity index (χ1v) is 6.64. The highest BCUT2D eigenvalue weighted by Crippen LogP contribution is 2.13. The summed E-state index contributed by atoms with van der Waals surface area (Å²) in [4.78, 5) is 13.8. The fourth-order valence-corrected chi connectivity index (χ4v) is 2.24. The van der Waals surface area contributed by atoms with E-state index < -0.39 is 0 Å². The van der Waals surface area contributed by atoms with Crippen LogP contribution in [0.5, 0.6) is 5.75 Å². The summed E-state index contributed by atoms with van der Waals surface area (Å²) < 4.78 is 11.0. The summed E-state index contributed by atoms with van der Waals surface area (Å²) in [5.41, 5.74) is 0.569. The standard InChI is InChI=1S/C15H18N2O3/c1-11-8-17(9-12(2)20-11)15(18)10-19-14-5-3-13(7-16)4-6-14/h3-6,11-12H,8-10H2,1-2H3/t11-,12-/m0/s1. The average molecular weight is 274 g/mol. The number of nitriles is 1. The predicted molar refractivity (Wildman–Crippen MR) is 73.2 cm³/mol. The Morgan fingerprint density at radius 1 is 1.35 bits per heavy atom. The SMILES string of the molecule is C[C@H]1CN(C(=O)COc2ccc(C#N)cc2)C[C@H](C)O1. The van der Waals surface area contributed by atoms with Gasteiger partial charge in [-0.1, -0.05) is 0 Å². The lowest BCUT2D eigenvalue weighted by atomic mass is 10.2. The van der Waals surface area contributed by atoms with Crippen molar-refractivity contribution in [3.05, 3.63) is 29.8 Å². The van der Waals surface area contributed by atoms with Crippen molar-refractivity contribution in [1.29, 1.82) is 5.26 Å². The van der Waals surface area contributed by atoms with Gasteiger partial charge in [0.15, 0.2) is 6.61 Å². The monoisotopic (exact) mass is 274 g/mol. The number of benzene rings is 1. The molecule has 1 saturated heterocycles. The Balaban J connectivity index is 1.86. The first kappa shape index (κ1) is 14.4. The molecule has 0 saturated carbocycles. The van der Waals surface area contributed by atoms with E-state index in [1.807, 2.05) is 19.9 Å². The topological polar surface area (TPSA) is 62.6 Å². The average Bonchev–Trinajstić information content (AvgIpc) is 2.44. The van der Waals surface area contributed by atoms with E-state index in [9.17, 15) is 4.79 Å². The molecule has 2 rings (SSSR count). The largest absolute Gasteiger partial charge is 0.484 e. The Kier molecular flexibility index (Phi) is 4.59. The molecule has 1 heterocycles. The van der Waals surface area contributed by atoms with E-state index in [1.165, 1.54) is 0 Å². The van der Waals surface area contributed by atoms with Crippen LogP contribution in [0.3, 0.4) is 0 Å². The van der Waals surface area contributed by atoms with E-state index in [2.05, 4.69) is 0 Å². The lowest BCUT2D eigenvalue weighted by molar-refractivity contribution is -0.145. The van der Waals surface area contributed by atoms with Crippen LogP contribution in [-0.2, 0) is 9.53 Å². The van der Waals surface area contributed by atoms with Gasteiger partial charge in [0.05, 0.1) is 23.8 Å². The molecule has 1 aromatic carbocycles. The fraction of sp³-hybridized carbons (Fsp3) is 0.467. The number of nitrogens with zero attached hydrogens (tertiary/aromatic N) is 2. The normalized spacial score (nSPS) is 22.1. The smallest absolute Gasteiger partial charge is 0.260 e. The number of carbonyl (C=O) groups is 1. The van der Waals surface area contributed by atoms with E-state index in [-0.39, 0.29) is 24.7 Å². The predicted octanol–water partition coefficient (Wildman–Crippen LogP) is 1.57. The molecule has 0 spiro atoms. The molecule has 1 aliphatic heterocycles. The summed E-state index contributed by atoms with van der Waals surface area (Å²) >= 11 is 0. The van der Waals surface area contributed by atoms with Crippen molar-refractivity contribution in [3.63, 3.8) is 0 Å². The highest BCUT2D eigenvalue weighted by atomic mass is 16.5. The number of carbonyl (C=O) groups excluding carboxylic acids is 1. The van der Waals surface area contributed by atoms with E-state index in [4.69, 9.17) is 14.7 Å². The number of rotatable bonds is 3. The lowest BCUT2D eigenvalue weighted by Crippen LogP contribution is -2.49. The third-order valence-electron chi connectivity index (χ3n) is 3.12. The lowest BCUT2D eigenvalue weighted by Gasteiger charge is -2.35. The Bertz CT molecular complexity index is 497. The van der Waals surface area contributed by atoms with Gasteiger partial charge >= 0.3 is 0 Å². The van der Waals surface area contributed by atoms with Crippen LogP contribution in [0.2, 0.25) is 0 Å². The summed E-state index contributed by atoms with van der Waals surface area (Å²) in [6.07, 6.45) is 0.107. The van der Waals surface area contributed by atoms with Crippen LogP contribution in [0.15, 0.2) is 24.3 Å². The van der Waals surface area contributed by atoms with Crippen molar-refractivity contribution in [2.75, 3.05) is 19.7 Å². The number of amides is 1. The molecule has 0 radical (unpaired) electrons. The molecule has 5 heteroatoms. The number of hydrogen-bond acceptors (Lipinski definition) is 4. The van der Waals surface area contributed by atoms with Crippen molar-refractivity contribution in [2.24, 2.45) is 0 Å². The molecule has 1 fully saturated rings. The molecular weight excluding hydrogens is 256 g/mol. The van der Waals surface area contributed by atoms with Gasteiger partial charge in [0.2, 0.25) is 0 Å². The second kappa shape index (κ2) is 6.40. The minimum atomic E-state index is -0.0450. The molecule has 1 aliphatic rings. The van der Waals surface area contributed by atoms with Crippen LogP contribution in [-0.4, -0.2) is 42.7 Å². The van der Waals surface area contributed by atoms with Crippen molar-refractivity contribution >= 4 is 5.91 Å². The van der Waals surface area contributed by atoms with Gasteiger partial charge in [0.25, 0.3) is 5.91 Å². The molecule has 5 nitrogen and oxygen atoms in total. The van der Waals surface area contributed by atoms with Crippen molar-refractivity contribution < 1.29 is 14.3 Å². The summed E-state index contributed by atoms with van der Waals surface area (Å²) in [7, 11) is 0. The van der Waals surface area contributed by atoms with Crippen LogP contribution >= 0.6 is 0 Å². The molecule has 0 N–H and O–H groups in total. The maximum atomic E-state index is 12.1. The Morgan fingerprint density at radius 3 is 2.50 bits per heavy atom. The number of ether oxygens (including phenoxy) is 2. The molecule has 2 atom stereocenters. The van der Waals surface area contributed by atoms with E-state index in [1.54, 1.807) is 29.2 Å². The van der Waals surface area contributed by atoms with Crippen LogP contribution in [0.25, 0.3) is 0 Å². The Labute approximate surface area is 118 Å². The Hall–Kier alpha value is -2.06. The van der Waals surface area contributed by atoms with Crippen LogP contribution in [0.4, 0.5) is 0 Å². The van der Waals surface area contributed by atoms with Gasteiger partial charge < -0.3 is 14.4 Å². The van der Waals surface area contributed by atoms with Gasteiger partial charge in [-0.2, -0.15) is 5.26 Å². The molecule has 0 bridgehead atoms. The zero-order valence-electron chi connectivity index (χ0n) is 11.7. The van der Waals surface area contributed by atoms with Gasteiger partial charge in [0, 0.05) is 13.1 Å². The second-order valence-corrected chi connectivity index (χ2v) is 4.98. The maximum Gasteiger partial charge on any atom is 0.260 e. The van der Waals surface area contributed by atoms with Gasteiger partial charge in [-0.25, -0.2) is 0 Å². The number of morpholine rings is 1. The molecule has 1 amide bonds. The first-order chi connectivity index (χ1) is 9.58. The summed E-state index contributed by atoms with van der Waals surface area (Å²) in [5.74, 6) is 0.545. The Morgan fingerprint density at radius 2 is 1.95 bits per heavy atom. The van der Waals surface area contributed by atoms with Gasteiger partial charge in [-0.05, 0) is 38.1 Å². The first-order valence-electron chi connectivity index (χ1n) is 6.64. The van der Waals surface area contributed by atoms with Gasteiger partial charge in [0.1, 0.15) is 5.75 Å². The van der Waals surface area contributed by atoms with Crippen molar-refractivity contribution in [2.45, 2.75) is 26.1 Å². The molecular formula is C15H18N2O3. The minimum absolute atomic E-state index is 0.00530. The second-order valence-electron chi connectivity index (χ2n) is 4.98. The van der Waals surface area contributed by atoms with Crippen molar-refractivity contribution in [3.8, 4) is 11.8 Å². The maximum absolute atomic E-state index is 12.1. The van der Waals surface area contributed by atoms with E-state index in [0.717, 1.165) is 0 Å². The molecule has 1 aromatic rings. The highest BCUT2D eigenvalue weighted by molar-refractivity contribution is 5.78. The zero-order chi connectivity index (χ0) is 14.5. The van der Waals surface area contributed by atoms with E-state index >= 15 is 0 Å². The minimum Gasteiger partial charge on any atom is -0.484 e. The molecule has 0 aromatic heterocycles. The quantitative estimate of drug-likeness (QED) is 0.839. The van der Waals surface area contributed by atoms with Gasteiger partial charge in [-0.15, -0.1) is 0 Å². The third-order valence-corrected chi connectivity index (χ3v) is 3.12.